The van der Waals surface area contributed by atoms with Crippen molar-refractivity contribution in [1.29, 1.82) is 0 Å². The maximum atomic E-state index is 11.9. The number of aromatic nitrogens is 1. The Labute approximate surface area is 168 Å². The highest BCUT2D eigenvalue weighted by atomic mass is 127. The number of thiazole rings is 1. The Bertz CT molecular complexity index is 703. The summed E-state index contributed by atoms with van der Waals surface area (Å²) in [4.78, 5) is 21.6. The molecule has 0 radical (unpaired) electrons. The van der Waals surface area contributed by atoms with Gasteiger partial charge in [-0.05, 0) is 38.1 Å². The molecule has 0 spiro atoms. The molecule has 2 aromatic rings. The van der Waals surface area contributed by atoms with Gasteiger partial charge in [0.25, 0.3) is 0 Å². The number of aromatic hydroxyl groups is 1. The summed E-state index contributed by atoms with van der Waals surface area (Å²) < 4.78 is 0. The molecule has 1 aromatic heterocycles. The van der Waals surface area contributed by atoms with E-state index in [9.17, 15) is 9.90 Å². The number of aliphatic imine (C=N–C) groups is 1. The van der Waals surface area contributed by atoms with Gasteiger partial charge in [0.15, 0.2) is 5.96 Å². The smallest absolute Gasteiger partial charge is 0.246 e. The highest BCUT2D eigenvalue weighted by Gasteiger charge is 2.04. The number of phenols is 1. The number of nitrogens with zero attached hydrogens (tertiary/aromatic N) is 2. The zero-order valence-electron chi connectivity index (χ0n) is 14.1. The lowest BCUT2D eigenvalue weighted by Gasteiger charge is -2.10. The number of nitrogens with one attached hydrogen (secondary N) is 3. The van der Waals surface area contributed by atoms with Crippen molar-refractivity contribution >= 4 is 52.9 Å². The number of phenolic OH excluding ortho intramolecular Hbond substituents is 1. The van der Waals surface area contributed by atoms with Gasteiger partial charge in [-0.1, -0.05) is 0 Å². The van der Waals surface area contributed by atoms with Crippen molar-refractivity contribution in [3.8, 4) is 5.75 Å². The van der Waals surface area contributed by atoms with Crippen LogP contribution in [0, 0.1) is 6.92 Å². The van der Waals surface area contributed by atoms with E-state index in [0.29, 0.717) is 24.7 Å². The predicted molar refractivity (Wildman–Crippen MR) is 112 cm³/mol. The molecule has 0 aliphatic rings. The van der Waals surface area contributed by atoms with E-state index >= 15 is 0 Å². The summed E-state index contributed by atoms with van der Waals surface area (Å²) in [6.45, 7) is 5.22. The van der Waals surface area contributed by atoms with Gasteiger partial charge < -0.3 is 21.1 Å². The van der Waals surface area contributed by atoms with Crippen LogP contribution in [0.2, 0.25) is 0 Å². The van der Waals surface area contributed by atoms with E-state index in [1.807, 2.05) is 20.0 Å². The Morgan fingerprint density at radius 2 is 2.00 bits per heavy atom. The number of guanidine groups is 1. The summed E-state index contributed by atoms with van der Waals surface area (Å²) in [5, 5.41) is 19.2. The molecular formula is C16H22IN5O2S. The summed E-state index contributed by atoms with van der Waals surface area (Å²) >= 11 is 1.62. The van der Waals surface area contributed by atoms with E-state index in [-0.39, 0.29) is 42.2 Å². The summed E-state index contributed by atoms with van der Waals surface area (Å²) in [6, 6.07) is 6.29. The number of halogens is 1. The number of anilines is 1. The lowest BCUT2D eigenvalue weighted by Crippen LogP contribution is -2.37. The van der Waals surface area contributed by atoms with Gasteiger partial charge in [0, 0.05) is 23.3 Å². The average molecular weight is 475 g/mol. The van der Waals surface area contributed by atoms with Crippen LogP contribution in [0.5, 0.6) is 5.75 Å². The second kappa shape index (κ2) is 10.9. The molecule has 4 N–H and O–H groups in total. The van der Waals surface area contributed by atoms with Crippen LogP contribution in [0.4, 0.5) is 5.69 Å². The van der Waals surface area contributed by atoms with Gasteiger partial charge in [-0.15, -0.1) is 35.3 Å². The largest absolute Gasteiger partial charge is 0.508 e. The Hall–Kier alpha value is -1.88. The minimum atomic E-state index is -0.233. The van der Waals surface area contributed by atoms with Crippen molar-refractivity contribution in [3.05, 3.63) is 40.3 Å². The fourth-order valence-corrected chi connectivity index (χ4v) is 2.61. The lowest BCUT2D eigenvalue weighted by molar-refractivity contribution is -0.114. The fourth-order valence-electron chi connectivity index (χ4n) is 1.88. The van der Waals surface area contributed by atoms with Crippen molar-refractivity contribution in [2.75, 3.05) is 18.4 Å². The maximum absolute atomic E-state index is 11.9. The maximum Gasteiger partial charge on any atom is 0.246 e. The molecule has 0 fully saturated rings. The second-order valence-electron chi connectivity index (χ2n) is 5.01. The van der Waals surface area contributed by atoms with Crippen molar-refractivity contribution in [3.63, 3.8) is 0 Å². The average Bonchev–Trinajstić information content (AvgIpc) is 2.98. The molecule has 7 nitrogen and oxygen atoms in total. The molecule has 9 heteroatoms. The summed E-state index contributed by atoms with van der Waals surface area (Å²) in [6.07, 6.45) is 1.83. The fraction of sp³-hybridized carbons (Fsp3) is 0.312. The van der Waals surface area contributed by atoms with Gasteiger partial charge in [0.1, 0.15) is 17.3 Å². The van der Waals surface area contributed by atoms with Crippen LogP contribution < -0.4 is 16.0 Å². The van der Waals surface area contributed by atoms with E-state index in [4.69, 9.17) is 0 Å². The first-order chi connectivity index (χ1) is 11.6. The molecule has 1 aromatic carbocycles. The molecule has 0 unspecified atom stereocenters. The van der Waals surface area contributed by atoms with Crippen molar-refractivity contribution in [1.82, 2.24) is 15.6 Å². The van der Waals surface area contributed by atoms with Crippen LogP contribution in [0.25, 0.3) is 0 Å². The predicted octanol–water partition coefficient (Wildman–Crippen LogP) is 2.47. The molecule has 0 saturated carbocycles. The van der Waals surface area contributed by atoms with Crippen LogP contribution >= 0.6 is 35.3 Å². The van der Waals surface area contributed by atoms with Crippen molar-refractivity contribution in [2.24, 2.45) is 4.99 Å². The molecule has 1 amide bonds. The minimum Gasteiger partial charge on any atom is -0.508 e. The number of aryl methyl sites for hydroxylation is 1. The first-order valence-electron chi connectivity index (χ1n) is 7.59. The summed E-state index contributed by atoms with van der Waals surface area (Å²) in [7, 11) is 0. The summed E-state index contributed by atoms with van der Waals surface area (Å²) in [5.74, 6) is 0.483. The van der Waals surface area contributed by atoms with E-state index in [1.54, 1.807) is 23.5 Å². The zero-order chi connectivity index (χ0) is 17.4. The molecule has 0 aliphatic heterocycles. The topological polar surface area (TPSA) is 98.6 Å². The molecular weight excluding hydrogens is 453 g/mol. The van der Waals surface area contributed by atoms with Gasteiger partial charge in [-0.3, -0.25) is 4.79 Å². The monoisotopic (exact) mass is 475 g/mol. The van der Waals surface area contributed by atoms with Crippen LogP contribution in [0.3, 0.4) is 0 Å². The Morgan fingerprint density at radius 3 is 2.60 bits per heavy atom. The molecule has 0 atom stereocenters. The summed E-state index contributed by atoms with van der Waals surface area (Å²) in [5.41, 5.74) is 0.615. The van der Waals surface area contributed by atoms with Gasteiger partial charge in [-0.25, -0.2) is 9.98 Å². The second-order valence-corrected chi connectivity index (χ2v) is 6.33. The first kappa shape index (κ1) is 21.2. The standard InChI is InChI=1S/C16H21N5O2S.HI/c1-3-17-16(20-10-15-18-8-11(2)24-15)19-9-14(23)21-12-4-6-13(22)7-5-12;/h4-8,22H,3,9-10H2,1-2H3,(H,21,23)(H2,17,19,20);1H. The van der Waals surface area contributed by atoms with Crippen LogP contribution in [-0.4, -0.2) is 35.0 Å². The highest BCUT2D eigenvalue weighted by molar-refractivity contribution is 14.0. The molecule has 2 rings (SSSR count). The van der Waals surface area contributed by atoms with Crippen LogP contribution in [0.1, 0.15) is 16.8 Å². The third kappa shape index (κ3) is 7.69. The third-order valence-electron chi connectivity index (χ3n) is 2.95. The molecule has 0 saturated heterocycles. The molecule has 0 aliphatic carbocycles. The van der Waals surface area contributed by atoms with Gasteiger partial charge in [0.05, 0.1) is 6.54 Å². The molecule has 136 valence electrons. The Morgan fingerprint density at radius 1 is 1.28 bits per heavy atom. The number of amides is 1. The third-order valence-corrected chi connectivity index (χ3v) is 3.87. The number of carbonyl (C=O) groups is 1. The first-order valence-corrected chi connectivity index (χ1v) is 8.41. The number of benzene rings is 1. The van der Waals surface area contributed by atoms with E-state index in [0.717, 1.165) is 9.88 Å². The van der Waals surface area contributed by atoms with Gasteiger partial charge in [0.2, 0.25) is 5.91 Å². The molecule has 1 heterocycles. The Kier molecular flexibility index (Phi) is 9.21. The van der Waals surface area contributed by atoms with Crippen molar-refractivity contribution in [2.45, 2.75) is 20.4 Å². The quantitative estimate of drug-likeness (QED) is 0.223. The van der Waals surface area contributed by atoms with Crippen LogP contribution in [0.15, 0.2) is 35.5 Å². The van der Waals surface area contributed by atoms with Gasteiger partial charge >= 0.3 is 0 Å². The SMILES string of the molecule is CCNC(=NCC(=O)Nc1ccc(O)cc1)NCc1ncc(C)s1.I. The van der Waals surface area contributed by atoms with Gasteiger partial charge in [-0.2, -0.15) is 0 Å². The number of hydrogen-bond acceptors (Lipinski definition) is 5. The van der Waals surface area contributed by atoms with E-state index in [2.05, 4.69) is 25.9 Å². The zero-order valence-corrected chi connectivity index (χ0v) is 17.2. The van der Waals surface area contributed by atoms with E-state index < -0.39 is 0 Å². The normalized spacial score (nSPS) is 10.7. The van der Waals surface area contributed by atoms with E-state index in [1.165, 1.54) is 12.1 Å². The minimum absolute atomic E-state index is 0. The van der Waals surface area contributed by atoms with Crippen LogP contribution in [-0.2, 0) is 11.3 Å². The molecule has 0 bridgehead atoms. The number of rotatable bonds is 6. The number of hydrogen-bond donors (Lipinski definition) is 4. The Balaban J connectivity index is 0.00000312. The highest BCUT2D eigenvalue weighted by Crippen LogP contribution is 2.13. The number of carbonyl (C=O) groups excluding carboxylic acids is 1. The van der Waals surface area contributed by atoms with Crippen molar-refractivity contribution < 1.29 is 9.90 Å². The molecule has 25 heavy (non-hydrogen) atoms. The lowest BCUT2D eigenvalue weighted by atomic mass is 10.3.